The van der Waals surface area contributed by atoms with Gasteiger partial charge in [0.1, 0.15) is 0 Å². The Labute approximate surface area is 154 Å². The van der Waals surface area contributed by atoms with E-state index in [2.05, 4.69) is 4.74 Å². The number of aliphatic hydroxyl groups is 1. The van der Waals surface area contributed by atoms with E-state index in [1.165, 1.54) is 13.4 Å². The number of carbonyl (C=O) groups is 1. The summed E-state index contributed by atoms with van der Waals surface area (Å²) in [7, 11) is -1.85. The smallest absolute Gasteiger partial charge is 0.305 e. The number of rotatable bonds is 8. The third kappa shape index (κ3) is 5.97. The van der Waals surface area contributed by atoms with Crippen LogP contribution in [0.2, 0.25) is 0 Å². The van der Waals surface area contributed by atoms with Crippen LogP contribution in [0.3, 0.4) is 0 Å². The number of hydrogen-bond acceptors (Lipinski definition) is 5. The Bertz CT molecular complexity index is 824. The summed E-state index contributed by atoms with van der Waals surface area (Å²) in [5.74, 6) is -0.310. The zero-order valence-electron chi connectivity index (χ0n) is 15.0. The van der Waals surface area contributed by atoms with E-state index < -0.39 is 15.9 Å². The average molecular weight is 376 g/mol. The molecule has 0 heterocycles. The highest BCUT2D eigenvalue weighted by Gasteiger charge is 2.09. The summed E-state index contributed by atoms with van der Waals surface area (Å²) in [5, 5.41) is 9.92. The van der Waals surface area contributed by atoms with Gasteiger partial charge in [-0.05, 0) is 48.1 Å². The minimum absolute atomic E-state index is 0.222. The van der Waals surface area contributed by atoms with E-state index in [0.29, 0.717) is 17.7 Å². The van der Waals surface area contributed by atoms with Crippen molar-refractivity contribution in [2.24, 2.45) is 0 Å². The van der Waals surface area contributed by atoms with Crippen LogP contribution in [0, 0.1) is 0 Å². The predicted molar refractivity (Wildman–Crippen MR) is 101 cm³/mol. The number of carbonyl (C=O) groups excluding carboxylic acids is 1. The van der Waals surface area contributed by atoms with Crippen molar-refractivity contribution in [3.63, 3.8) is 0 Å². The van der Waals surface area contributed by atoms with Crippen LogP contribution in [0.5, 0.6) is 0 Å². The second-order valence-corrected chi connectivity index (χ2v) is 8.32. The Morgan fingerprint density at radius 2 is 1.54 bits per heavy atom. The van der Waals surface area contributed by atoms with Crippen molar-refractivity contribution in [2.75, 3.05) is 13.4 Å². The van der Waals surface area contributed by atoms with E-state index in [0.717, 1.165) is 23.1 Å². The van der Waals surface area contributed by atoms with Crippen LogP contribution in [0.4, 0.5) is 0 Å². The van der Waals surface area contributed by atoms with Crippen LogP contribution < -0.4 is 0 Å². The van der Waals surface area contributed by atoms with Crippen molar-refractivity contribution in [3.8, 4) is 11.1 Å². The molecule has 0 bridgehead atoms. The topological polar surface area (TPSA) is 80.7 Å². The number of methoxy groups -OCH3 is 1. The zero-order valence-corrected chi connectivity index (χ0v) is 15.8. The minimum Gasteiger partial charge on any atom is -0.469 e. The third-order valence-corrected chi connectivity index (χ3v) is 5.37. The minimum atomic E-state index is -3.19. The Balaban J connectivity index is 1.93. The highest BCUT2D eigenvalue weighted by atomic mass is 32.2. The molecular weight excluding hydrogens is 352 g/mol. The van der Waals surface area contributed by atoms with E-state index in [1.807, 2.05) is 24.3 Å². The van der Waals surface area contributed by atoms with Gasteiger partial charge in [0.15, 0.2) is 9.84 Å². The van der Waals surface area contributed by atoms with Gasteiger partial charge in [-0.1, -0.05) is 36.4 Å². The number of benzene rings is 2. The summed E-state index contributed by atoms with van der Waals surface area (Å²) in [4.78, 5) is 11.4. The van der Waals surface area contributed by atoms with E-state index in [1.54, 1.807) is 24.3 Å². The Hall–Kier alpha value is -2.18. The molecule has 2 rings (SSSR count). The summed E-state index contributed by atoms with van der Waals surface area (Å²) in [6.07, 6.45) is 2.58. The fourth-order valence-electron chi connectivity index (χ4n) is 2.62. The van der Waals surface area contributed by atoms with Gasteiger partial charge in [-0.15, -0.1) is 0 Å². The number of aliphatic hydroxyl groups excluding tert-OH is 1. The van der Waals surface area contributed by atoms with E-state index in [-0.39, 0.29) is 12.4 Å². The number of ether oxygens (including phenoxy) is 1. The second kappa shape index (κ2) is 8.96. The van der Waals surface area contributed by atoms with Gasteiger partial charge in [0, 0.05) is 12.7 Å². The monoisotopic (exact) mass is 376 g/mol. The van der Waals surface area contributed by atoms with Gasteiger partial charge in [0.05, 0.1) is 18.1 Å². The van der Waals surface area contributed by atoms with E-state index >= 15 is 0 Å². The maximum absolute atomic E-state index is 11.5. The quantitative estimate of drug-likeness (QED) is 0.717. The summed E-state index contributed by atoms with van der Waals surface area (Å²) >= 11 is 0. The SMILES string of the molecule is COC(=O)CCC(O)CCc1ccc(-c2ccc(S(C)(=O)=O)cc2)cc1. The molecule has 1 unspecified atom stereocenters. The van der Waals surface area contributed by atoms with Crippen molar-refractivity contribution in [1.29, 1.82) is 0 Å². The molecule has 2 aromatic carbocycles. The molecule has 1 N–H and O–H groups in total. The first-order chi connectivity index (χ1) is 12.3. The standard InChI is InChI=1S/C20H24O5S/c1-25-20(22)14-11-18(21)10-5-15-3-6-16(7-4-15)17-8-12-19(13-9-17)26(2,23)24/h3-4,6-9,12-13,18,21H,5,10-11,14H2,1-2H3. The first-order valence-corrected chi connectivity index (χ1v) is 10.3. The van der Waals surface area contributed by atoms with Crippen LogP contribution in [0.1, 0.15) is 24.8 Å². The third-order valence-electron chi connectivity index (χ3n) is 4.25. The van der Waals surface area contributed by atoms with Crippen LogP contribution >= 0.6 is 0 Å². The van der Waals surface area contributed by atoms with Gasteiger partial charge < -0.3 is 9.84 Å². The van der Waals surface area contributed by atoms with Crippen LogP contribution in [0.15, 0.2) is 53.4 Å². The number of esters is 1. The Morgan fingerprint density at radius 3 is 2.04 bits per heavy atom. The maximum Gasteiger partial charge on any atom is 0.305 e. The summed E-state index contributed by atoms with van der Waals surface area (Å²) in [6.45, 7) is 0. The molecule has 0 spiro atoms. The molecule has 0 aliphatic rings. The van der Waals surface area contributed by atoms with Crippen molar-refractivity contribution in [2.45, 2.75) is 36.7 Å². The van der Waals surface area contributed by atoms with Gasteiger partial charge in [0.25, 0.3) is 0 Å². The van der Waals surface area contributed by atoms with Crippen molar-refractivity contribution in [1.82, 2.24) is 0 Å². The highest BCUT2D eigenvalue weighted by Crippen LogP contribution is 2.22. The van der Waals surface area contributed by atoms with E-state index in [9.17, 15) is 18.3 Å². The molecule has 0 aliphatic carbocycles. The molecule has 0 amide bonds. The zero-order chi connectivity index (χ0) is 19.2. The fourth-order valence-corrected chi connectivity index (χ4v) is 3.25. The Morgan fingerprint density at radius 1 is 1.00 bits per heavy atom. The van der Waals surface area contributed by atoms with Gasteiger partial charge >= 0.3 is 5.97 Å². The normalized spacial score (nSPS) is 12.6. The summed E-state index contributed by atoms with van der Waals surface area (Å²) in [5.41, 5.74) is 3.04. The molecule has 0 aliphatic heterocycles. The molecule has 1 atom stereocenters. The molecule has 0 saturated carbocycles. The van der Waals surface area contributed by atoms with Gasteiger partial charge in [0.2, 0.25) is 0 Å². The summed E-state index contributed by atoms with van der Waals surface area (Å²) < 4.78 is 27.6. The molecule has 0 saturated heterocycles. The molecular formula is C20H24O5S. The highest BCUT2D eigenvalue weighted by molar-refractivity contribution is 7.90. The largest absolute Gasteiger partial charge is 0.469 e. The molecule has 6 heteroatoms. The molecule has 0 aromatic heterocycles. The number of hydrogen-bond donors (Lipinski definition) is 1. The first-order valence-electron chi connectivity index (χ1n) is 8.44. The lowest BCUT2D eigenvalue weighted by atomic mass is 10.00. The van der Waals surface area contributed by atoms with Crippen molar-refractivity contribution < 1.29 is 23.1 Å². The predicted octanol–water partition coefficient (Wildman–Crippen LogP) is 3.00. The van der Waals surface area contributed by atoms with Crippen molar-refractivity contribution >= 4 is 15.8 Å². The maximum atomic E-state index is 11.5. The fraction of sp³-hybridized carbons (Fsp3) is 0.350. The van der Waals surface area contributed by atoms with Gasteiger partial charge in [-0.3, -0.25) is 4.79 Å². The molecule has 26 heavy (non-hydrogen) atoms. The van der Waals surface area contributed by atoms with E-state index in [4.69, 9.17) is 0 Å². The van der Waals surface area contributed by atoms with Crippen molar-refractivity contribution in [3.05, 3.63) is 54.1 Å². The van der Waals surface area contributed by atoms with Crippen LogP contribution in [-0.4, -0.2) is 39.0 Å². The second-order valence-electron chi connectivity index (χ2n) is 6.30. The van der Waals surface area contributed by atoms with Crippen LogP contribution in [-0.2, 0) is 25.8 Å². The molecule has 5 nitrogen and oxygen atoms in total. The number of aryl methyl sites for hydroxylation is 1. The van der Waals surface area contributed by atoms with Gasteiger partial charge in [-0.25, -0.2) is 8.42 Å². The lowest BCUT2D eigenvalue weighted by Gasteiger charge is -2.10. The molecule has 140 valence electrons. The average Bonchev–Trinajstić information content (AvgIpc) is 2.64. The first kappa shape index (κ1) is 20.1. The molecule has 2 aromatic rings. The Kier molecular flexibility index (Phi) is 6.94. The molecule has 0 radical (unpaired) electrons. The van der Waals surface area contributed by atoms with Crippen LogP contribution in [0.25, 0.3) is 11.1 Å². The van der Waals surface area contributed by atoms with Gasteiger partial charge in [-0.2, -0.15) is 0 Å². The lowest BCUT2D eigenvalue weighted by molar-refractivity contribution is -0.141. The molecule has 0 fully saturated rings. The lowest BCUT2D eigenvalue weighted by Crippen LogP contribution is -2.11. The summed E-state index contributed by atoms with van der Waals surface area (Å²) in [6, 6.07) is 14.7. The number of sulfone groups is 1.